The van der Waals surface area contributed by atoms with Crippen LogP contribution in [0.4, 0.5) is 9.59 Å². The van der Waals surface area contributed by atoms with Crippen LogP contribution in [0.1, 0.15) is 102 Å². The largest absolute Gasteiger partial charge is 0.444 e. The standard InChI is InChI=1S/C35H48N6O4/c1-33(2,3)44-31(42)40-19-7-9-28(40)30-38-23-27(39-30)17-15-25-12-10-24(11-13-25)14-16-26(36)22-37-29-21-35(29)18-8-20-41(35)32(43)45-34(4,5)6/h10-17,22-23,28-29,37H,7-9,18-21,36H2,1-6H3,(H,38,39)/b16-14+,17-15+,26-22-/t28?,29-,35?/m1/s1. The van der Waals surface area contributed by atoms with E-state index >= 15 is 0 Å². The Morgan fingerprint density at radius 2 is 1.64 bits per heavy atom. The Labute approximate surface area is 266 Å². The zero-order valence-corrected chi connectivity index (χ0v) is 27.4. The number of carbonyl (C=O) groups is 2. The topological polar surface area (TPSA) is 126 Å². The Bertz CT molecular complexity index is 1460. The zero-order chi connectivity index (χ0) is 32.4. The van der Waals surface area contributed by atoms with Gasteiger partial charge in [-0.05, 0) is 96.9 Å². The summed E-state index contributed by atoms with van der Waals surface area (Å²) in [5.74, 6) is 0.777. The Balaban J connectivity index is 1.12. The van der Waals surface area contributed by atoms with E-state index in [0.29, 0.717) is 12.2 Å². The number of rotatable bonds is 7. The van der Waals surface area contributed by atoms with Crippen LogP contribution in [0.15, 0.2) is 48.4 Å². The van der Waals surface area contributed by atoms with E-state index in [0.717, 1.165) is 61.3 Å². The van der Waals surface area contributed by atoms with Crippen LogP contribution < -0.4 is 11.1 Å². The first-order chi connectivity index (χ1) is 21.2. The Hall–Kier alpha value is -4.21. The fraction of sp³-hybridized carbons (Fsp3) is 0.514. The summed E-state index contributed by atoms with van der Waals surface area (Å²) in [5, 5.41) is 3.42. The van der Waals surface area contributed by atoms with Crippen molar-refractivity contribution in [1.29, 1.82) is 0 Å². The molecule has 2 unspecified atom stereocenters. The number of benzene rings is 1. The van der Waals surface area contributed by atoms with Crippen LogP contribution in [0, 0.1) is 0 Å². The van der Waals surface area contributed by atoms with Gasteiger partial charge in [0.2, 0.25) is 0 Å². The van der Waals surface area contributed by atoms with Gasteiger partial charge < -0.3 is 30.4 Å². The van der Waals surface area contributed by atoms with Crippen molar-refractivity contribution in [3.05, 3.63) is 71.1 Å². The van der Waals surface area contributed by atoms with E-state index in [4.69, 9.17) is 15.2 Å². The van der Waals surface area contributed by atoms with E-state index in [-0.39, 0.29) is 29.8 Å². The summed E-state index contributed by atoms with van der Waals surface area (Å²) >= 11 is 0. The summed E-state index contributed by atoms with van der Waals surface area (Å²) in [7, 11) is 0. The van der Waals surface area contributed by atoms with Crippen molar-refractivity contribution in [2.24, 2.45) is 5.73 Å². The summed E-state index contributed by atoms with van der Waals surface area (Å²) in [4.78, 5) is 37.0. The van der Waals surface area contributed by atoms with Crippen molar-refractivity contribution < 1.29 is 19.1 Å². The number of hydrogen-bond donors (Lipinski definition) is 3. The molecule has 1 spiro atoms. The molecule has 0 bridgehead atoms. The van der Waals surface area contributed by atoms with Crippen molar-refractivity contribution in [1.82, 2.24) is 25.1 Å². The third kappa shape index (κ3) is 8.09. The maximum Gasteiger partial charge on any atom is 0.410 e. The van der Waals surface area contributed by atoms with E-state index in [1.54, 1.807) is 11.1 Å². The molecule has 4 N–H and O–H groups in total. The smallest absolute Gasteiger partial charge is 0.410 e. The third-order valence-electron chi connectivity index (χ3n) is 8.31. The second-order valence-electron chi connectivity index (χ2n) is 14.3. The van der Waals surface area contributed by atoms with Gasteiger partial charge in [0.25, 0.3) is 0 Å². The van der Waals surface area contributed by atoms with Crippen molar-refractivity contribution >= 4 is 30.4 Å². The van der Waals surface area contributed by atoms with Gasteiger partial charge in [0.15, 0.2) is 0 Å². The van der Waals surface area contributed by atoms with E-state index in [1.165, 1.54) is 0 Å². The number of aromatic amines is 1. The first-order valence-electron chi connectivity index (χ1n) is 16.0. The molecule has 1 aromatic carbocycles. The molecule has 10 nitrogen and oxygen atoms in total. The number of aromatic nitrogens is 2. The molecular formula is C35H48N6O4. The molecule has 2 amide bonds. The van der Waals surface area contributed by atoms with Gasteiger partial charge in [-0.15, -0.1) is 0 Å². The summed E-state index contributed by atoms with van der Waals surface area (Å²) in [6, 6.07) is 8.25. The Kier molecular flexibility index (Phi) is 9.05. The summed E-state index contributed by atoms with van der Waals surface area (Å²) in [5.41, 5.74) is 8.63. The van der Waals surface area contributed by atoms with Crippen molar-refractivity contribution in [3.63, 3.8) is 0 Å². The number of amides is 2. The van der Waals surface area contributed by atoms with Crippen LogP contribution in [-0.4, -0.2) is 67.8 Å². The molecule has 1 aliphatic carbocycles. The number of nitrogens with one attached hydrogen (secondary N) is 2. The highest BCUT2D eigenvalue weighted by Gasteiger charge is 2.62. The van der Waals surface area contributed by atoms with Crippen LogP contribution in [-0.2, 0) is 9.47 Å². The lowest BCUT2D eigenvalue weighted by atomic mass is 10.1. The molecule has 3 atom stereocenters. The van der Waals surface area contributed by atoms with Crippen LogP contribution in [0.2, 0.25) is 0 Å². The quantitative estimate of drug-likeness (QED) is 0.299. The monoisotopic (exact) mass is 616 g/mol. The van der Waals surface area contributed by atoms with Gasteiger partial charge in [-0.3, -0.25) is 4.90 Å². The number of likely N-dealkylation sites (tertiary alicyclic amines) is 2. The van der Waals surface area contributed by atoms with Gasteiger partial charge in [0, 0.05) is 25.0 Å². The van der Waals surface area contributed by atoms with Gasteiger partial charge in [0.05, 0.1) is 29.5 Å². The lowest BCUT2D eigenvalue weighted by molar-refractivity contribution is 0.0191. The maximum atomic E-state index is 12.7. The Morgan fingerprint density at radius 1 is 0.978 bits per heavy atom. The molecule has 3 fully saturated rings. The number of allylic oxidation sites excluding steroid dienone is 1. The van der Waals surface area contributed by atoms with Crippen LogP contribution in [0.5, 0.6) is 0 Å². The fourth-order valence-corrected chi connectivity index (χ4v) is 6.11. The number of H-pyrrole nitrogens is 1. The molecule has 2 saturated heterocycles. The number of nitrogens with zero attached hydrogens (tertiary/aromatic N) is 3. The van der Waals surface area contributed by atoms with Gasteiger partial charge in [-0.2, -0.15) is 0 Å². The SMILES string of the molecule is CC(C)(C)OC(=O)N1CCCC1c1ncc(/C=C/c2ccc(/C=C/C(N)=C/N[C@@H]3CC34CCCN4C(=O)OC(C)(C)C)cc2)[nH]1. The number of hydrogen-bond acceptors (Lipinski definition) is 7. The average Bonchev–Trinajstić information content (AvgIpc) is 3.38. The molecule has 0 radical (unpaired) electrons. The lowest BCUT2D eigenvalue weighted by Crippen LogP contribution is -2.44. The first-order valence-corrected chi connectivity index (χ1v) is 16.0. The molecule has 1 saturated carbocycles. The van der Waals surface area contributed by atoms with Gasteiger partial charge in [-0.25, -0.2) is 14.6 Å². The molecule has 242 valence electrons. The number of imidazole rings is 1. The molecule has 10 heteroatoms. The van der Waals surface area contributed by atoms with Gasteiger partial charge >= 0.3 is 12.2 Å². The minimum Gasteiger partial charge on any atom is -0.444 e. The minimum atomic E-state index is -0.531. The molecule has 45 heavy (non-hydrogen) atoms. The van der Waals surface area contributed by atoms with Crippen LogP contribution in [0.3, 0.4) is 0 Å². The molecule has 2 aromatic rings. The van der Waals surface area contributed by atoms with Crippen LogP contribution in [0.25, 0.3) is 18.2 Å². The van der Waals surface area contributed by atoms with E-state index in [1.807, 2.05) is 101 Å². The first kappa shape index (κ1) is 32.2. The molecule has 5 rings (SSSR count). The zero-order valence-electron chi connectivity index (χ0n) is 27.4. The fourth-order valence-electron chi connectivity index (χ4n) is 6.11. The maximum absolute atomic E-state index is 12.7. The molecular weight excluding hydrogens is 568 g/mol. The highest BCUT2D eigenvalue weighted by Crippen LogP contribution is 2.50. The number of ether oxygens (including phenoxy) is 2. The summed E-state index contributed by atoms with van der Waals surface area (Å²) in [6.07, 6.45) is 15.6. The second-order valence-corrected chi connectivity index (χ2v) is 14.3. The summed E-state index contributed by atoms with van der Waals surface area (Å²) < 4.78 is 11.2. The lowest BCUT2D eigenvalue weighted by Gasteiger charge is -2.29. The minimum absolute atomic E-state index is 0.107. The molecule has 3 aliphatic rings. The van der Waals surface area contributed by atoms with E-state index in [2.05, 4.69) is 15.3 Å². The van der Waals surface area contributed by atoms with Crippen molar-refractivity contribution in [2.75, 3.05) is 13.1 Å². The molecule has 1 aromatic heterocycles. The predicted octanol–water partition coefficient (Wildman–Crippen LogP) is 6.60. The number of carbonyl (C=O) groups excluding carboxylic acids is 2. The number of nitrogens with two attached hydrogens (primary N) is 1. The van der Waals surface area contributed by atoms with Crippen LogP contribution >= 0.6 is 0 Å². The van der Waals surface area contributed by atoms with Crippen molar-refractivity contribution in [3.8, 4) is 0 Å². The van der Waals surface area contributed by atoms with E-state index < -0.39 is 11.2 Å². The Morgan fingerprint density at radius 3 is 2.33 bits per heavy atom. The van der Waals surface area contributed by atoms with Crippen molar-refractivity contribution in [2.45, 2.75) is 102 Å². The predicted molar refractivity (Wildman–Crippen MR) is 177 cm³/mol. The summed E-state index contributed by atoms with van der Waals surface area (Å²) in [6.45, 7) is 12.7. The molecule has 2 aliphatic heterocycles. The average molecular weight is 617 g/mol. The van der Waals surface area contributed by atoms with Gasteiger partial charge in [-0.1, -0.05) is 36.4 Å². The highest BCUT2D eigenvalue weighted by molar-refractivity contribution is 5.71. The third-order valence-corrected chi connectivity index (χ3v) is 8.31. The second kappa shape index (κ2) is 12.7. The normalized spacial score (nSPS) is 23.8. The molecule has 3 heterocycles. The highest BCUT2D eigenvalue weighted by atomic mass is 16.6. The van der Waals surface area contributed by atoms with Gasteiger partial charge in [0.1, 0.15) is 17.0 Å². The van der Waals surface area contributed by atoms with E-state index in [9.17, 15) is 9.59 Å².